The predicted octanol–water partition coefficient (Wildman–Crippen LogP) is 2.09. The lowest BCUT2D eigenvalue weighted by molar-refractivity contribution is -0.150. The zero-order chi connectivity index (χ0) is 19.7. The summed E-state index contributed by atoms with van der Waals surface area (Å²) in [6.45, 7) is 12.1. The Balaban J connectivity index is 1.92. The van der Waals surface area contributed by atoms with Crippen molar-refractivity contribution < 1.29 is 19.1 Å². The number of carbonyl (C=O) groups excluding carboxylic acids is 1. The van der Waals surface area contributed by atoms with Gasteiger partial charge in [-0.25, -0.2) is 0 Å². The van der Waals surface area contributed by atoms with E-state index in [-0.39, 0.29) is 36.1 Å². The summed E-state index contributed by atoms with van der Waals surface area (Å²) in [5.74, 6) is 1.44. The first-order chi connectivity index (χ1) is 12.9. The smallest absolute Gasteiger partial charge is 0.312 e. The fourth-order valence-electron chi connectivity index (χ4n) is 4.59. The Bertz CT molecular complexity index is 685. The Morgan fingerprint density at radius 2 is 2.15 bits per heavy atom. The minimum Gasteiger partial charge on any atom is -0.501 e. The number of carbonyl (C=O) groups is 1. The topological polar surface area (TPSA) is 80.9 Å². The summed E-state index contributed by atoms with van der Waals surface area (Å²) in [5.41, 5.74) is 6.15. The van der Waals surface area contributed by atoms with E-state index >= 15 is 0 Å². The predicted molar refractivity (Wildman–Crippen MR) is 102 cm³/mol. The van der Waals surface area contributed by atoms with Gasteiger partial charge >= 0.3 is 5.97 Å². The van der Waals surface area contributed by atoms with Gasteiger partial charge in [-0.05, 0) is 45.6 Å². The third kappa shape index (κ3) is 3.71. The van der Waals surface area contributed by atoms with Crippen LogP contribution in [0.3, 0.4) is 0 Å². The Morgan fingerprint density at radius 1 is 1.41 bits per heavy atom. The van der Waals surface area contributed by atoms with E-state index in [2.05, 4.69) is 29.6 Å². The first-order valence-corrected chi connectivity index (χ1v) is 9.61. The van der Waals surface area contributed by atoms with E-state index < -0.39 is 0 Å². The molecule has 5 atom stereocenters. The van der Waals surface area contributed by atoms with Crippen LogP contribution in [0.25, 0.3) is 0 Å². The quantitative estimate of drug-likeness (QED) is 0.612. The van der Waals surface area contributed by atoms with Crippen molar-refractivity contribution in [3.63, 3.8) is 0 Å². The van der Waals surface area contributed by atoms with Crippen molar-refractivity contribution in [2.75, 3.05) is 13.7 Å². The third-order valence-electron chi connectivity index (χ3n) is 5.65. The summed E-state index contributed by atoms with van der Waals surface area (Å²) in [5, 5.41) is 6.90. The van der Waals surface area contributed by atoms with Crippen LogP contribution in [0.1, 0.15) is 40.5 Å². The maximum absolute atomic E-state index is 12.7. The molecule has 3 N–H and O–H groups in total. The van der Waals surface area contributed by atoms with Gasteiger partial charge in [-0.2, -0.15) is 0 Å². The zero-order valence-corrected chi connectivity index (χ0v) is 16.8. The van der Waals surface area contributed by atoms with Gasteiger partial charge in [-0.1, -0.05) is 6.58 Å². The van der Waals surface area contributed by atoms with Crippen LogP contribution >= 0.6 is 0 Å². The number of methoxy groups -OCH3 is 1. The summed E-state index contributed by atoms with van der Waals surface area (Å²) in [7, 11) is 1.70. The molecule has 0 aromatic carbocycles. The van der Waals surface area contributed by atoms with Crippen molar-refractivity contribution in [3.8, 4) is 0 Å². The molecule has 150 valence electrons. The zero-order valence-electron chi connectivity index (χ0n) is 16.8. The number of hydrogen-bond acceptors (Lipinski definition) is 7. The van der Waals surface area contributed by atoms with Gasteiger partial charge in [-0.3, -0.25) is 10.1 Å². The van der Waals surface area contributed by atoms with Crippen molar-refractivity contribution >= 4 is 5.97 Å². The first-order valence-electron chi connectivity index (χ1n) is 9.61. The van der Waals surface area contributed by atoms with Gasteiger partial charge in [0.2, 0.25) is 0 Å². The highest BCUT2D eigenvalue weighted by Crippen LogP contribution is 2.44. The minimum absolute atomic E-state index is 0.103. The minimum atomic E-state index is -0.288. The largest absolute Gasteiger partial charge is 0.501 e. The van der Waals surface area contributed by atoms with Gasteiger partial charge in [0.25, 0.3) is 0 Å². The van der Waals surface area contributed by atoms with Crippen molar-refractivity contribution in [2.24, 2.45) is 11.8 Å². The van der Waals surface area contributed by atoms with Crippen molar-refractivity contribution in [3.05, 3.63) is 34.9 Å². The lowest BCUT2D eigenvalue weighted by Crippen LogP contribution is -2.45. The average molecular weight is 377 g/mol. The fraction of sp³-hybridized carbons (Fsp3) is 0.650. The molecule has 0 bridgehead atoms. The molecule has 7 heteroatoms. The van der Waals surface area contributed by atoms with Crippen LogP contribution < -0.4 is 16.1 Å². The molecule has 0 spiro atoms. The molecule has 0 aromatic rings. The van der Waals surface area contributed by atoms with Gasteiger partial charge in [0.1, 0.15) is 5.76 Å². The van der Waals surface area contributed by atoms with Gasteiger partial charge in [0, 0.05) is 23.7 Å². The molecule has 1 fully saturated rings. The van der Waals surface area contributed by atoms with Crippen molar-refractivity contribution in [1.82, 2.24) is 16.1 Å². The second-order valence-corrected chi connectivity index (χ2v) is 7.54. The summed E-state index contributed by atoms with van der Waals surface area (Å²) in [6.07, 6.45) is 1.27. The monoisotopic (exact) mass is 377 g/mol. The summed E-state index contributed by atoms with van der Waals surface area (Å²) in [6, 6.07) is 0.256. The highest BCUT2D eigenvalue weighted by Gasteiger charge is 2.51. The molecule has 2 aliphatic heterocycles. The van der Waals surface area contributed by atoms with Crippen molar-refractivity contribution in [2.45, 2.75) is 58.8 Å². The maximum Gasteiger partial charge on any atom is 0.312 e. The van der Waals surface area contributed by atoms with Crippen LogP contribution in [0.2, 0.25) is 0 Å². The number of fused-ring (bicyclic) bond motifs is 1. The summed E-state index contributed by atoms with van der Waals surface area (Å²) in [4.78, 5) is 18.2. The van der Waals surface area contributed by atoms with E-state index in [1.165, 1.54) is 5.57 Å². The van der Waals surface area contributed by atoms with E-state index in [0.29, 0.717) is 13.0 Å². The molecule has 1 unspecified atom stereocenters. The fourth-order valence-corrected chi connectivity index (χ4v) is 4.59. The number of allylic oxidation sites excluding steroid dienone is 3. The number of esters is 1. The molecule has 0 amide bonds. The van der Waals surface area contributed by atoms with Crippen LogP contribution in [-0.4, -0.2) is 37.9 Å². The lowest BCUT2D eigenvalue weighted by Gasteiger charge is -2.32. The highest BCUT2D eigenvalue weighted by molar-refractivity contribution is 5.74. The van der Waals surface area contributed by atoms with Crippen LogP contribution in [0.4, 0.5) is 0 Å². The second-order valence-electron chi connectivity index (χ2n) is 7.54. The number of rotatable bonds is 6. The van der Waals surface area contributed by atoms with Gasteiger partial charge in [0.05, 0.1) is 37.6 Å². The van der Waals surface area contributed by atoms with E-state index in [1.807, 2.05) is 20.8 Å². The Labute approximate surface area is 161 Å². The second kappa shape index (κ2) is 7.94. The Hall–Kier alpha value is -1.99. The molecular formula is C20H31N3O4. The van der Waals surface area contributed by atoms with Crippen LogP contribution in [0.5, 0.6) is 0 Å². The molecule has 3 aliphatic rings. The van der Waals surface area contributed by atoms with E-state index in [9.17, 15) is 4.79 Å². The highest BCUT2D eigenvalue weighted by atomic mass is 16.7. The number of hydroxylamine groups is 1. The first kappa shape index (κ1) is 19.8. The molecule has 0 saturated carbocycles. The van der Waals surface area contributed by atoms with E-state index in [0.717, 1.165) is 29.2 Å². The van der Waals surface area contributed by atoms with E-state index in [4.69, 9.17) is 14.3 Å². The molecule has 7 nitrogen and oxygen atoms in total. The Kier molecular flexibility index (Phi) is 5.81. The molecule has 0 radical (unpaired) electrons. The van der Waals surface area contributed by atoms with Crippen molar-refractivity contribution in [1.29, 1.82) is 0 Å². The third-order valence-corrected chi connectivity index (χ3v) is 5.65. The maximum atomic E-state index is 12.7. The average Bonchev–Trinajstić information content (AvgIpc) is 3.12. The number of hydrogen-bond donors (Lipinski definition) is 3. The molecule has 2 heterocycles. The van der Waals surface area contributed by atoms with E-state index in [1.54, 1.807) is 7.11 Å². The van der Waals surface area contributed by atoms with Crippen LogP contribution in [-0.2, 0) is 19.1 Å². The SMILES string of the molecule is C=C(C)NC1N[C@H]2CC(C3=C(C)ON[C@H]3C)=C(OC)C[C@H]2[C@H]1C(=O)OCC. The standard InChI is InChI=1S/C20H31N3O4/c1-7-26-20(24)18-13-9-16(25-6)14(17-11(4)23-27-12(17)5)8-15(13)22-19(18)21-10(2)3/h11,13,15,18-19,21-23H,2,7-9H2,1,3-6H3/t11-,13+,15-,18+,19?/m0/s1. The normalized spacial score (nSPS) is 32.9. The van der Waals surface area contributed by atoms with Gasteiger partial charge < -0.3 is 19.6 Å². The molecule has 27 heavy (non-hydrogen) atoms. The molecule has 3 rings (SSSR count). The van der Waals surface area contributed by atoms with Gasteiger partial charge in [-0.15, -0.1) is 5.48 Å². The van der Waals surface area contributed by atoms with Gasteiger partial charge in [0.15, 0.2) is 0 Å². The number of nitrogens with one attached hydrogen (secondary N) is 3. The number of ether oxygens (including phenoxy) is 2. The van der Waals surface area contributed by atoms with Crippen LogP contribution in [0, 0.1) is 11.8 Å². The summed E-state index contributed by atoms with van der Waals surface area (Å²) < 4.78 is 11.1. The molecule has 1 aliphatic carbocycles. The lowest BCUT2D eigenvalue weighted by atomic mass is 9.76. The summed E-state index contributed by atoms with van der Waals surface area (Å²) >= 11 is 0. The molecular weight excluding hydrogens is 346 g/mol. The Morgan fingerprint density at radius 3 is 2.70 bits per heavy atom. The molecule has 1 saturated heterocycles. The molecule has 0 aromatic heterocycles. The van der Waals surface area contributed by atoms with Crippen LogP contribution in [0.15, 0.2) is 34.9 Å².